The summed E-state index contributed by atoms with van der Waals surface area (Å²) in [6.45, 7) is 14.6. The third kappa shape index (κ3) is 4.79. The minimum absolute atomic E-state index is 0.201. The molecule has 5 aromatic rings. The Hall–Kier alpha value is -4.31. The van der Waals surface area contributed by atoms with Crippen molar-refractivity contribution in [1.29, 1.82) is 0 Å². The third-order valence-electron chi connectivity index (χ3n) is 8.88. The zero-order chi connectivity index (χ0) is 29.6. The van der Waals surface area contributed by atoms with Crippen LogP contribution in [-0.2, 0) is 5.41 Å². The molecule has 0 bridgehead atoms. The highest BCUT2D eigenvalue weighted by Gasteiger charge is 2.28. The fourth-order valence-corrected chi connectivity index (χ4v) is 6.36. The zero-order valence-corrected chi connectivity index (χ0v) is 26.0. The van der Waals surface area contributed by atoms with Gasteiger partial charge in [-0.2, -0.15) is 0 Å². The van der Waals surface area contributed by atoms with Crippen LogP contribution in [-0.4, -0.2) is 23.3 Å². The van der Waals surface area contributed by atoms with Crippen molar-refractivity contribution in [2.75, 3.05) is 23.5 Å². The van der Waals surface area contributed by atoms with Crippen molar-refractivity contribution in [3.05, 3.63) is 126 Å². The summed E-state index contributed by atoms with van der Waals surface area (Å²) in [5.41, 5.74) is 11.2. The second-order valence-corrected chi connectivity index (χ2v) is 12.7. The molecule has 42 heavy (non-hydrogen) atoms. The number of fused-ring (bicyclic) bond motifs is 1. The highest BCUT2D eigenvalue weighted by Crippen LogP contribution is 2.42. The summed E-state index contributed by atoms with van der Waals surface area (Å²) in [7, 11) is 2.16. The van der Waals surface area contributed by atoms with Crippen molar-refractivity contribution in [1.82, 2.24) is 9.55 Å². The van der Waals surface area contributed by atoms with Crippen LogP contribution in [0.1, 0.15) is 75.6 Å². The van der Waals surface area contributed by atoms with Crippen LogP contribution in [0.15, 0.2) is 103 Å². The lowest BCUT2D eigenvalue weighted by Crippen LogP contribution is -2.25. The second-order valence-electron chi connectivity index (χ2n) is 12.7. The van der Waals surface area contributed by atoms with Gasteiger partial charge in [0.2, 0.25) is 0 Å². The van der Waals surface area contributed by atoms with E-state index in [-0.39, 0.29) is 5.41 Å². The monoisotopic (exact) mass is 554 g/mol. The second kappa shape index (κ2) is 10.8. The minimum Gasteiger partial charge on any atom is -0.355 e. The summed E-state index contributed by atoms with van der Waals surface area (Å²) in [4.78, 5) is 9.62. The van der Waals surface area contributed by atoms with Crippen molar-refractivity contribution < 1.29 is 0 Å². The van der Waals surface area contributed by atoms with E-state index in [1.807, 2.05) is 6.20 Å². The van der Waals surface area contributed by atoms with Gasteiger partial charge in [-0.05, 0) is 64.4 Å². The maximum Gasteiger partial charge on any atom is 0.144 e. The predicted octanol–water partition coefficient (Wildman–Crippen LogP) is 9.66. The molecule has 1 aliphatic rings. The summed E-state index contributed by atoms with van der Waals surface area (Å²) in [6, 6.07) is 33.4. The van der Waals surface area contributed by atoms with Gasteiger partial charge in [0.05, 0.1) is 23.7 Å². The van der Waals surface area contributed by atoms with Gasteiger partial charge in [0, 0.05) is 36.1 Å². The van der Waals surface area contributed by atoms with Gasteiger partial charge in [-0.1, -0.05) is 102 Å². The normalized spacial score (nSPS) is 13.4. The molecule has 1 aliphatic heterocycles. The van der Waals surface area contributed by atoms with Gasteiger partial charge in [0.15, 0.2) is 0 Å². The summed E-state index contributed by atoms with van der Waals surface area (Å²) in [5.74, 6) is 1.80. The molecule has 0 radical (unpaired) electrons. The van der Waals surface area contributed by atoms with Gasteiger partial charge < -0.3 is 9.80 Å². The largest absolute Gasteiger partial charge is 0.355 e. The Morgan fingerprint density at radius 3 is 2.02 bits per heavy atom. The lowest BCUT2D eigenvalue weighted by Gasteiger charge is -2.29. The number of nitrogens with zero attached hydrogens (tertiary/aromatic N) is 4. The summed E-state index contributed by atoms with van der Waals surface area (Å²) < 4.78 is 2.30. The van der Waals surface area contributed by atoms with E-state index in [1.165, 1.54) is 45.0 Å². The Labute approximate surface area is 251 Å². The molecule has 0 fully saturated rings. The molecular weight excluding hydrogens is 512 g/mol. The molecule has 4 nitrogen and oxygen atoms in total. The van der Waals surface area contributed by atoms with E-state index in [9.17, 15) is 0 Å². The Balaban J connectivity index is 1.39. The van der Waals surface area contributed by atoms with Gasteiger partial charge in [0.1, 0.15) is 5.82 Å². The molecule has 4 aromatic carbocycles. The Kier molecular flexibility index (Phi) is 7.18. The van der Waals surface area contributed by atoms with E-state index in [0.29, 0.717) is 11.8 Å². The van der Waals surface area contributed by atoms with Crippen molar-refractivity contribution >= 4 is 17.1 Å². The van der Waals surface area contributed by atoms with E-state index >= 15 is 0 Å². The lowest BCUT2D eigenvalue weighted by molar-refractivity contribution is 0.641. The maximum absolute atomic E-state index is 4.91. The highest BCUT2D eigenvalue weighted by molar-refractivity contribution is 5.82. The summed E-state index contributed by atoms with van der Waals surface area (Å²) in [6.07, 6.45) is 4.05. The van der Waals surface area contributed by atoms with Crippen molar-refractivity contribution in [2.24, 2.45) is 0 Å². The van der Waals surface area contributed by atoms with E-state index in [1.54, 1.807) is 0 Å². The smallest absolute Gasteiger partial charge is 0.144 e. The fraction of sp³-hybridized carbons (Fsp3) is 0.289. The van der Waals surface area contributed by atoms with Gasteiger partial charge in [-0.25, -0.2) is 4.98 Å². The minimum atomic E-state index is -0.201. The molecule has 4 heteroatoms. The van der Waals surface area contributed by atoms with Gasteiger partial charge in [-0.15, -0.1) is 0 Å². The predicted molar refractivity (Wildman–Crippen MR) is 178 cm³/mol. The van der Waals surface area contributed by atoms with Crippen LogP contribution in [0.2, 0.25) is 0 Å². The van der Waals surface area contributed by atoms with Crippen LogP contribution < -0.4 is 9.80 Å². The van der Waals surface area contributed by atoms with Crippen molar-refractivity contribution in [2.45, 2.75) is 58.8 Å². The fourth-order valence-electron chi connectivity index (χ4n) is 6.36. The summed E-state index contributed by atoms with van der Waals surface area (Å²) >= 11 is 0. The standard InChI is InChI=1S/C38H42N4/c1-26(2)32-17-12-18-33(27(3)4)36(32)41-22-21-39-37(41)28-13-10-14-29(23-28)38(5,6)30-15-11-16-31(24-30)42-25-40(7)34-19-8-9-20-35(34)42/h8-24,26-27H,25H2,1-7H3. The highest BCUT2D eigenvalue weighted by atomic mass is 15.4. The number of para-hydroxylation sites is 3. The number of benzene rings is 4. The number of rotatable bonds is 7. The molecule has 0 atom stereocenters. The van der Waals surface area contributed by atoms with Crippen molar-refractivity contribution in [3.63, 3.8) is 0 Å². The first-order valence-electron chi connectivity index (χ1n) is 15.1. The van der Waals surface area contributed by atoms with Crippen LogP contribution in [0, 0.1) is 0 Å². The van der Waals surface area contributed by atoms with Gasteiger partial charge >= 0.3 is 0 Å². The van der Waals surface area contributed by atoms with E-state index < -0.39 is 0 Å². The molecule has 6 rings (SSSR count). The van der Waals surface area contributed by atoms with E-state index in [2.05, 4.69) is 160 Å². The molecule has 214 valence electrons. The molecule has 1 aromatic heterocycles. The van der Waals surface area contributed by atoms with Crippen LogP contribution in [0.3, 0.4) is 0 Å². The SMILES string of the molecule is CC(C)c1cccc(C(C)C)c1-n1ccnc1-c1cccc(C(C)(C)c2cccc(N3CN(C)c4ccccc43)c2)c1. The molecule has 2 heterocycles. The summed E-state index contributed by atoms with van der Waals surface area (Å²) in [5, 5.41) is 0. The number of imidazole rings is 1. The van der Waals surface area contributed by atoms with Crippen LogP contribution in [0.5, 0.6) is 0 Å². The number of hydrogen-bond acceptors (Lipinski definition) is 3. The van der Waals surface area contributed by atoms with Crippen molar-refractivity contribution in [3.8, 4) is 17.1 Å². The van der Waals surface area contributed by atoms with Gasteiger partial charge in [-0.3, -0.25) is 4.57 Å². The average Bonchev–Trinajstić information content (AvgIpc) is 3.62. The quantitative estimate of drug-likeness (QED) is 0.200. The molecule has 0 saturated heterocycles. The van der Waals surface area contributed by atoms with E-state index in [4.69, 9.17) is 4.98 Å². The molecule has 0 spiro atoms. The Morgan fingerprint density at radius 2 is 1.33 bits per heavy atom. The van der Waals surface area contributed by atoms with Crippen LogP contribution in [0.4, 0.5) is 17.1 Å². The Bertz CT molecular complexity index is 1700. The first-order chi connectivity index (χ1) is 20.2. The topological polar surface area (TPSA) is 24.3 Å². The molecular formula is C38H42N4. The first kappa shape index (κ1) is 27.8. The molecule has 0 aliphatic carbocycles. The average molecular weight is 555 g/mol. The van der Waals surface area contributed by atoms with Crippen LogP contribution in [0.25, 0.3) is 17.1 Å². The maximum atomic E-state index is 4.91. The number of hydrogen-bond donors (Lipinski definition) is 0. The zero-order valence-electron chi connectivity index (χ0n) is 26.0. The Morgan fingerprint density at radius 1 is 0.714 bits per heavy atom. The van der Waals surface area contributed by atoms with E-state index in [0.717, 1.165) is 18.1 Å². The molecule has 0 unspecified atom stereocenters. The number of aromatic nitrogens is 2. The molecule has 0 N–H and O–H groups in total. The molecule has 0 saturated carbocycles. The first-order valence-corrected chi connectivity index (χ1v) is 15.1. The molecule has 0 amide bonds. The van der Waals surface area contributed by atoms with Crippen LogP contribution >= 0.6 is 0 Å². The number of anilines is 3. The third-order valence-corrected chi connectivity index (χ3v) is 8.88. The van der Waals surface area contributed by atoms with Gasteiger partial charge in [0.25, 0.3) is 0 Å². The lowest BCUT2D eigenvalue weighted by atomic mass is 9.77.